The number of amides is 2. The molecule has 0 aromatic carbocycles. The number of carbonyl (C=O) groups is 2. The predicted molar refractivity (Wildman–Crippen MR) is 97.6 cm³/mol. The summed E-state index contributed by atoms with van der Waals surface area (Å²) in [5.74, 6) is 0.346. The Bertz CT molecular complexity index is 655. The maximum atomic E-state index is 12.7. The Morgan fingerprint density at radius 1 is 0.852 bits per heavy atom. The van der Waals surface area contributed by atoms with Crippen LogP contribution >= 0.6 is 0 Å². The predicted octanol–water partition coefficient (Wildman–Crippen LogP) is 0.000100. The van der Waals surface area contributed by atoms with Crippen molar-refractivity contribution in [3.63, 3.8) is 0 Å². The first kappa shape index (κ1) is 18.3. The highest BCUT2D eigenvalue weighted by molar-refractivity contribution is 5.78. The molecule has 3 aliphatic rings. The van der Waals surface area contributed by atoms with Crippen LogP contribution in [-0.4, -0.2) is 92.5 Å². The van der Waals surface area contributed by atoms with Crippen LogP contribution in [0.4, 0.5) is 0 Å². The van der Waals surface area contributed by atoms with E-state index in [0.717, 1.165) is 77.8 Å². The van der Waals surface area contributed by atoms with Gasteiger partial charge in [0.05, 0.1) is 6.54 Å². The number of hydrogen-bond donors (Lipinski definition) is 0. The van der Waals surface area contributed by atoms with Gasteiger partial charge in [0, 0.05) is 38.1 Å². The average Bonchev–Trinajstić information content (AvgIpc) is 3.36. The van der Waals surface area contributed by atoms with Gasteiger partial charge in [-0.25, -0.2) is 4.68 Å². The normalized spacial score (nSPS) is 26.7. The van der Waals surface area contributed by atoms with Crippen LogP contribution in [0.5, 0.6) is 0 Å². The lowest BCUT2D eigenvalue weighted by Crippen LogP contribution is -2.55. The molecule has 3 saturated heterocycles. The summed E-state index contributed by atoms with van der Waals surface area (Å²) < 4.78 is 1.48. The lowest BCUT2D eigenvalue weighted by molar-refractivity contribution is -0.138. The van der Waals surface area contributed by atoms with Crippen molar-refractivity contribution in [2.45, 2.75) is 45.1 Å². The molecule has 0 bridgehead atoms. The second-order valence-corrected chi connectivity index (χ2v) is 8.33. The smallest absolute Gasteiger partial charge is 0.244 e. The van der Waals surface area contributed by atoms with Gasteiger partial charge in [0.1, 0.15) is 12.9 Å². The van der Waals surface area contributed by atoms with Gasteiger partial charge in [-0.3, -0.25) is 14.5 Å². The van der Waals surface area contributed by atoms with E-state index in [1.807, 2.05) is 9.80 Å². The average molecular weight is 375 g/mol. The molecular formula is C18H29N7O2. The van der Waals surface area contributed by atoms with E-state index in [1.165, 1.54) is 11.0 Å². The minimum Gasteiger partial charge on any atom is -0.342 e. The van der Waals surface area contributed by atoms with Crippen molar-refractivity contribution >= 4 is 11.8 Å². The van der Waals surface area contributed by atoms with Gasteiger partial charge < -0.3 is 9.80 Å². The van der Waals surface area contributed by atoms with Crippen molar-refractivity contribution < 1.29 is 9.59 Å². The molecule has 0 aliphatic carbocycles. The van der Waals surface area contributed by atoms with Crippen LogP contribution in [0.15, 0.2) is 6.33 Å². The Kier molecular flexibility index (Phi) is 5.38. The largest absolute Gasteiger partial charge is 0.342 e. The van der Waals surface area contributed by atoms with Crippen molar-refractivity contribution in [1.29, 1.82) is 0 Å². The van der Waals surface area contributed by atoms with E-state index < -0.39 is 0 Å². The molecule has 0 saturated carbocycles. The van der Waals surface area contributed by atoms with Gasteiger partial charge in [-0.1, -0.05) is 0 Å². The van der Waals surface area contributed by atoms with Crippen molar-refractivity contribution in [2.75, 3.05) is 45.8 Å². The van der Waals surface area contributed by atoms with Crippen molar-refractivity contribution in [3.8, 4) is 0 Å². The summed E-state index contributed by atoms with van der Waals surface area (Å²) in [6.07, 6.45) is 8.13. The van der Waals surface area contributed by atoms with Crippen molar-refractivity contribution in [2.24, 2.45) is 5.41 Å². The number of carbonyl (C=O) groups excluding carboxylic acids is 2. The molecule has 0 N–H and O–H groups in total. The minimum atomic E-state index is 0.0756. The van der Waals surface area contributed by atoms with Gasteiger partial charge in [-0.15, -0.1) is 5.10 Å². The zero-order valence-corrected chi connectivity index (χ0v) is 15.9. The van der Waals surface area contributed by atoms with E-state index in [0.29, 0.717) is 6.54 Å². The summed E-state index contributed by atoms with van der Waals surface area (Å²) in [4.78, 5) is 31.5. The highest BCUT2D eigenvalue weighted by Crippen LogP contribution is 2.38. The molecule has 1 spiro atoms. The number of nitrogens with zero attached hydrogens (tertiary/aromatic N) is 7. The first-order chi connectivity index (χ1) is 13.1. The highest BCUT2D eigenvalue weighted by Gasteiger charge is 2.41. The maximum absolute atomic E-state index is 12.7. The third-order valence-electron chi connectivity index (χ3n) is 6.26. The summed E-state index contributed by atoms with van der Waals surface area (Å²) in [5.41, 5.74) is 0.123. The molecule has 1 atom stereocenters. The van der Waals surface area contributed by atoms with E-state index in [-0.39, 0.29) is 23.8 Å². The summed E-state index contributed by atoms with van der Waals surface area (Å²) in [5, 5.41) is 11.0. The Hall–Kier alpha value is -2.03. The molecule has 27 heavy (non-hydrogen) atoms. The molecule has 4 rings (SSSR count). The van der Waals surface area contributed by atoms with Crippen LogP contribution in [0.25, 0.3) is 0 Å². The number of likely N-dealkylation sites (tertiary alicyclic amines) is 3. The van der Waals surface area contributed by atoms with E-state index in [4.69, 9.17) is 0 Å². The zero-order chi connectivity index (χ0) is 18.7. The second kappa shape index (κ2) is 7.92. The first-order valence-corrected chi connectivity index (χ1v) is 10.1. The quantitative estimate of drug-likeness (QED) is 0.736. The molecule has 0 radical (unpaired) electrons. The molecular weight excluding hydrogens is 346 g/mol. The van der Waals surface area contributed by atoms with E-state index in [1.54, 1.807) is 0 Å². The number of aromatic nitrogens is 4. The fourth-order valence-electron chi connectivity index (χ4n) is 4.95. The number of tetrazole rings is 1. The zero-order valence-electron chi connectivity index (χ0n) is 15.9. The fraction of sp³-hybridized carbons (Fsp3) is 0.833. The second-order valence-electron chi connectivity index (χ2n) is 8.33. The van der Waals surface area contributed by atoms with Gasteiger partial charge in [0.15, 0.2) is 0 Å². The van der Waals surface area contributed by atoms with Crippen LogP contribution < -0.4 is 0 Å². The van der Waals surface area contributed by atoms with E-state index in [2.05, 4.69) is 20.4 Å². The third-order valence-corrected chi connectivity index (χ3v) is 6.26. The van der Waals surface area contributed by atoms with Gasteiger partial charge in [0.25, 0.3) is 0 Å². The monoisotopic (exact) mass is 375 g/mol. The fourth-order valence-corrected chi connectivity index (χ4v) is 4.95. The molecule has 3 fully saturated rings. The molecule has 148 valence electrons. The molecule has 1 aromatic heterocycles. The molecule has 4 heterocycles. The SMILES string of the molecule is O=C(CN1CCCC2(CCCN(C(=O)Cn3cnnn3)C2)C1)N1CCCC1. The Morgan fingerprint density at radius 3 is 2.30 bits per heavy atom. The lowest BCUT2D eigenvalue weighted by atomic mass is 9.73. The molecule has 1 aromatic rings. The molecule has 3 aliphatic heterocycles. The minimum absolute atomic E-state index is 0.0756. The Balaban J connectivity index is 1.35. The summed E-state index contributed by atoms with van der Waals surface area (Å²) in [7, 11) is 0. The number of piperidine rings is 2. The summed E-state index contributed by atoms with van der Waals surface area (Å²) in [6, 6.07) is 0. The van der Waals surface area contributed by atoms with Crippen LogP contribution in [0, 0.1) is 5.41 Å². The maximum Gasteiger partial charge on any atom is 0.244 e. The summed E-state index contributed by atoms with van der Waals surface area (Å²) in [6.45, 7) is 6.04. The first-order valence-electron chi connectivity index (χ1n) is 10.1. The van der Waals surface area contributed by atoms with Crippen LogP contribution in [0.2, 0.25) is 0 Å². The van der Waals surface area contributed by atoms with Crippen molar-refractivity contribution in [3.05, 3.63) is 6.33 Å². The lowest BCUT2D eigenvalue weighted by Gasteiger charge is -2.48. The standard InChI is InChI=1S/C18H29N7O2/c26-16(23-8-1-2-9-23)11-22-7-3-5-18(13-22)6-4-10-24(14-18)17(27)12-25-15-19-20-21-25/h15H,1-14H2. The molecule has 9 heteroatoms. The Labute approximate surface area is 159 Å². The topological polar surface area (TPSA) is 87.5 Å². The van der Waals surface area contributed by atoms with Gasteiger partial charge in [0.2, 0.25) is 11.8 Å². The molecule has 2 amide bonds. The number of hydrogen-bond acceptors (Lipinski definition) is 6. The molecule has 9 nitrogen and oxygen atoms in total. The van der Waals surface area contributed by atoms with Gasteiger partial charge >= 0.3 is 0 Å². The van der Waals surface area contributed by atoms with Crippen LogP contribution in [-0.2, 0) is 16.1 Å². The van der Waals surface area contributed by atoms with Gasteiger partial charge in [-0.2, -0.15) is 0 Å². The van der Waals surface area contributed by atoms with Crippen molar-refractivity contribution in [1.82, 2.24) is 34.9 Å². The van der Waals surface area contributed by atoms with E-state index in [9.17, 15) is 9.59 Å². The Morgan fingerprint density at radius 2 is 1.56 bits per heavy atom. The van der Waals surface area contributed by atoms with E-state index >= 15 is 0 Å². The third kappa shape index (κ3) is 4.28. The summed E-state index contributed by atoms with van der Waals surface area (Å²) >= 11 is 0. The highest BCUT2D eigenvalue weighted by atomic mass is 16.2. The molecule has 1 unspecified atom stereocenters. The van der Waals surface area contributed by atoms with Crippen LogP contribution in [0.3, 0.4) is 0 Å². The van der Waals surface area contributed by atoms with Crippen LogP contribution in [0.1, 0.15) is 38.5 Å². The number of rotatable bonds is 4. The van der Waals surface area contributed by atoms with Gasteiger partial charge in [-0.05, 0) is 55.5 Å².